The fourth-order valence-electron chi connectivity index (χ4n) is 2.47. The summed E-state index contributed by atoms with van der Waals surface area (Å²) in [6.45, 7) is 4.98. The van der Waals surface area contributed by atoms with Crippen molar-refractivity contribution in [3.63, 3.8) is 0 Å². The second kappa shape index (κ2) is 8.03. The minimum absolute atomic E-state index is 0.0518. The van der Waals surface area contributed by atoms with Crippen LogP contribution in [0.2, 0.25) is 0 Å². The molecule has 1 saturated carbocycles. The first-order valence-corrected chi connectivity index (χ1v) is 7.83. The van der Waals surface area contributed by atoms with Crippen LogP contribution in [0.4, 0.5) is 4.79 Å². The number of nitrogens with zero attached hydrogens (tertiary/aromatic N) is 1. The van der Waals surface area contributed by atoms with E-state index in [0.717, 1.165) is 36.6 Å². The molecule has 1 aromatic carbocycles. The fraction of sp³-hybridized carbons (Fsp3) is 0.588. The first-order valence-electron chi connectivity index (χ1n) is 7.83. The second-order valence-electron chi connectivity index (χ2n) is 5.75. The van der Waals surface area contributed by atoms with Crippen LogP contribution in [-0.4, -0.2) is 31.1 Å². The summed E-state index contributed by atoms with van der Waals surface area (Å²) >= 11 is 0. The number of ether oxygens (including phenoxy) is 1. The van der Waals surface area contributed by atoms with Gasteiger partial charge in [0.1, 0.15) is 0 Å². The maximum Gasteiger partial charge on any atom is 0.317 e. The highest BCUT2D eigenvalue weighted by Gasteiger charge is 2.26. The average Bonchev–Trinajstić information content (AvgIpc) is 3.30. The predicted octanol–water partition coefficient (Wildman–Crippen LogP) is 3.16. The van der Waals surface area contributed by atoms with Gasteiger partial charge in [0, 0.05) is 26.7 Å². The number of methoxy groups -OCH3 is 1. The van der Waals surface area contributed by atoms with Crippen LogP contribution in [0, 0.1) is 5.92 Å². The van der Waals surface area contributed by atoms with E-state index < -0.39 is 0 Å². The molecule has 0 aromatic heterocycles. The summed E-state index contributed by atoms with van der Waals surface area (Å²) in [6, 6.07) is 8.12. The number of hydrogen-bond donors (Lipinski definition) is 1. The summed E-state index contributed by atoms with van der Waals surface area (Å²) in [4.78, 5) is 14.3. The van der Waals surface area contributed by atoms with Gasteiger partial charge in [-0.1, -0.05) is 31.2 Å². The molecule has 0 radical (unpaired) electrons. The summed E-state index contributed by atoms with van der Waals surface area (Å²) in [5.41, 5.74) is 2.25. The minimum atomic E-state index is 0.0518. The van der Waals surface area contributed by atoms with E-state index >= 15 is 0 Å². The van der Waals surface area contributed by atoms with E-state index in [1.54, 1.807) is 7.11 Å². The zero-order valence-corrected chi connectivity index (χ0v) is 13.1. The first kappa shape index (κ1) is 15.8. The van der Waals surface area contributed by atoms with Crippen molar-refractivity contribution in [2.45, 2.75) is 39.3 Å². The van der Waals surface area contributed by atoms with Crippen LogP contribution in [-0.2, 0) is 17.9 Å². The molecule has 0 aliphatic heterocycles. The Morgan fingerprint density at radius 3 is 2.67 bits per heavy atom. The Labute approximate surface area is 127 Å². The van der Waals surface area contributed by atoms with E-state index in [-0.39, 0.29) is 6.03 Å². The molecule has 1 aromatic rings. The van der Waals surface area contributed by atoms with Crippen molar-refractivity contribution < 1.29 is 9.53 Å². The molecular formula is C17H26N2O2. The van der Waals surface area contributed by atoms with Gasteiger partial charge in [-0.3, -0.25) is 0 Å². The Balaban J connectivity index is 1.89. The Morgan fingerprint density at radius 1 is 1.33 bits per heavy atom. The molecule has 1 aliphatic carbocycles. The molecule has 2 amide bonds. The van der Waals surface area contributed by atoms with E-state index in [2.05, 4.69) is 12.2 Å². The van der Waals surface area contributed by atoms with Crippen LogP contribution in [0.15, 0.2) is 24.3 Å². The SMILES string of the molecule is CCCN(CC1CC1)C(=O)NCc1ccccc1COC. The van der Waals surface area contributed by atoms with Crippen molar-refractivity contribution >= 4 is 6.03 Å². The summed E-state index contributed by atoms with van der Waals surface area (Å²) in [5, 5.41) is 3.05. The van der Waals surface area contributed by atoms with Crippen molar-refractivity contribution in [2.75, 3.05) is 20.2 Å². The maximum absolute atomic E-state index is 12.3. The Morgan fingerprint density at radius 2 is 2.05 bits per heavy atom. The topological polar surface area (TPSA) is 41.6 Å². The number of benzene rings is 1. The average molecular weight is 290 g/mol. The van der Waals surface area contributed by atoms with Gasteiger partial charge in [-0.25, -0.2) is 4.79 Å². The van der Waals surface area contributed by atoms with Gasteiger partial charge in [-0.2, -0.15) is 0 Å². The highest BCUT2D eigenvalue weighted by molar-refractivity contribution is 5.74. The van der Waals surface area contributed by atoms with E-state index in [1.807, 2.05) is 29.2 Å². The van der Waals surface area contributed by atoms with Crippen LogP contribution in [0.25, 0.3) is 0 Å². The lowest BCUT2D eigenvalue weighted by atomic mass is 10.1. The highest BCUT2D eigenvalue weighted by atomic mass is 16.5. The van der Waals surface area contributed by atoms with Crippen LogP contribution in [0.5, 0.6) is 0 Å². The number of carbonyl (C=O) groups is 1. The molecule has 0 spiro atoms. The lowest BCUT2D eigenvalue weighted by molar-refractivity contribution is 0.183. The van der Waals surface area contributed by atoms with Gasteiger partial charge >= 0.3 is 6.03 Å². The first-order chi connectivity index (χ1) is 10.2. The number of carbonyl (C=O) groups excluding carboxylic acids is 1. The number of hydrogen-bond acceptors (Lipinski definition) is 2. The maximum atomic E-state index is 12.3. The van der Waals surface area contributed by atoms with Gasteiger partial charge in [-0.15, -0.1) is 0 Å². The molecule has 0 heterocycles. The molecule has 0 unspecified atom stereocenters. The summed E-state index contributed by atoms with van der Waals surface area (Å²) in [6.07, 6.45) is 3.54. The van der Waals surface area contributed by atoms with Gasteiger partial charge in [-0.05, 0) is 36.3 Å². The van der Waals surface area contributed by atoms with Crippen LogP contribution in [0.1, 0.15) is 37.3 Å². The number of amides is 2. The van der Waals surface area contributed by atoms with Gasteiger partial charge < -0.3 is 15.0 Å². The van der Waals surface area contributed by atoms with E-state index in [9.17, 15) is 4.79 Å². The summed E-state index contributed by atoms with van der Waals surface area (Å²) in [7, 11) is 1.69. The lowest BCUT2D eigenvalue weighted by Crippen LogP contribution is -2.41. The molecule has 0 atom stereocenters. The summed E-state index contributed by atoms with van der Waals surface area (Å²) in [5.74, 6) is 0.725. The van der Waals surface area contributed by atoms with E-state index in [4.69, 9.17) is 4.74 Å². The lowest BCUT2D eigenvalue weighted by Gasteiger charge is -2.22. The monoisotopic (exact) mass is 290 g/mol. The third kappa shape index (κ3) is 5.05. The molecule has 0 bridgehead atoms. The Bertz CT molecular complexity index is 458. The van der Waals surface area contributed by atoms with Gasteiger partial charge in [0.25, 0.3) is 0 Å². The predicted molar refractivity (Wildman–Crippen MR) is 84.0 cm³/mol. The number of nitrogens with one attached hydrogen (secondary N) is 1. The van der Waals surface area contributed by atoms with Crippen LogP contribution < -0.4 is 5.32 Å². The largest absolute Gasteiger partial charge is 0.380 e. The Kier molecular flexibility index (Phi) is 6.05. The van der Waals surface area contributed by atoms with Crippen LogP contribution >= 0.6 is 0 Å². The van der Waals surface area contributed by atoms with Crippen molar-refractivity contribution in [2.24, 2.45) is 5.92 Å². The van der Waals surface area contributed by atoms with Crippen LogP contribution in [0.3, 0.4) is 0 Å². The van der Waals surface area contributed by atoms with E-state index in [0.29, 0.717) is 13.2 Å². The molecule has 1 aliphatic rings. The van der Waals surface area contributed by atoms with Crippen molar-refractivity contribution in [1.29, 1.82) is 0 Å². The Hall–Kier alpha value is -1.55. The number of urea groups is 1. The summed E-state index contributed by atoms with van der Waals surface area (Å²) < 4.78 is 5.20. The van der Waals surface area contributed by atoms with Gasteiger partial charge in [0.2, 0.25) is 0 Å². The molecule has 21 heavy (non-hydrogen) atoms. The fourth-order valence-corrected chi connectivity index (χ4v) is 2.47. The minimum Gasteiger partial charge on any atom is -0.380 e. The molecule has 0 saturated heterocycles. The molecule has 116 valence electrons. The standard InChI is InChI=1S/C17H26N2O2/c1-3-10-19(12-14-8-9-14)17(20)18-11-15-6-4-5-7-16(15)13-21-2/h4-7,14H,3,8-13H2,1-2H3,(H,18,20). The molecule has 1 fully saturated rings. The normalized spacial score (nSPS) is 14.0. The third-order valence-electron chi connectivity index (χ3n) is 3.80. The zero-order valence-electron chi connectivity index (χ0n) is 13.1. The van der Waals surface area contributed by atoms with Gasteiger partial charge in [0.15, 0.2) is 0 Å². The quantitative estimate of drug-likeness (QED) is 0.799. The molecule has 4 nitrogen and oxygen atoms in total. The second-order valence-corrected chi connectivity index (χ2v) is 5.75. The number of rotatable bonds is 8. The smallest absolute Gasteiger partial charge is 0.317 e. The highest BCUT2D eigenvalue weighted by Crippen LogP contribution is 2.29. The third-order valence-corrected chi connectivity index (χ3v) is 3.80. The van der Waals surface area contributed by atoms with Crippen molar-refractivity contribution in [3.05, 3.63) is 35.4 Å². The molecule has 4 heteroatoms. The molecule has 2 rings (SSSR count). The molecule has 1 N–H and O–H groups in total. The van der Waals surface area contributed by atoms with Crippen molar-refractivity contribution in [3.8, 4) is 0 Å². The van der Waals surface area contributed by atoms with Gasteiger partial charge in [0.05, 0.1) is 6.61 Å². The van der Waals surface area contributed by atoms with E-state index in [1.165, 1.54) is 12.8 Å². The van der Waals surface area contributed by atoms with Crippen molar-refractivity contribution in [1.82, 2.24) is 10.2 Å². The zero-order chi connectivity index (χ0) is 15.1. The molecular weight excluding hydrogens is 264 g/mol.